The molecule has 0 aromatic heterocycles. The Morgan fingerprint density at radius 1 is 1.20 bits per heavy atom. The number of ether oxygens (including phenoxy) is 2. The summed E-state index contributed by atoms with van der Waals surface area (Å²) >= 11 is 0. The van der Waals surface area contributed by atoms with Crippen molar-refractivity contribution >= 4 is 0 Å². The first-order chi connectivity index (χ1) is 9.75. The van der Waals surface area contributed by atoms with E-state index in [0.29, 0.717) is 24.5 Å². The molecular weight excluding hydrogens is 255 g/mol. The van der Waals surface area contributed by atoms with Crippen LogP contribution in [0.3, 0.4) is 0 Å². The molecule has 2 aromatic rings. The third-order valence-electron chi connectivity index (χ3n) is 3.68. The van der Waals surface area contributed by atoms with Crippen molar-refractivity contribution < 1.29 is 13.9 Å². The summed E-state index contributed by atoms with van der Waals surface area (Å²) < 4.78 is 25.2. The average molecular weight is 272 g/mol. The summed E-state index contributed by atoms with van der Waals surface area (Å²) in [6.07, 6.45) is 0.893. The minimum atomic E-state index is -0.271. The first kappa shape index (κ1) is 13.0. The summed E-state index contributed by atoms with van der Waals surface area (Å²) in [5.41, 5.74) is 1.75. The van der Waals surface area contributed by atoms with Crippen LogP contribution in [0.5, 0.6) is 11.5 Å². The molecule has 2 nitrogen and oxygen atoms in total. The fourth-order valence-electron chi connectivity index (χ4n) is 2.51. The molecule has 0 aliphatic carbocycles. The third-order valence-corrected chi connectivity index (χ3v) is 3.68. The van der Waals surface area contributed by atoms with Gasteiger partial charge in [0.1, 0.15) is 5.75 Å². The van der Waals surface area contributed by atoms with E-state index in [9.17, 15) is 4.39 Å². The minimum Gasteiger partial charge on any atom is -0.493 e. The maximum atomic E-state index is 13.9. The number of hydrogen-bond acceptors (Lipinski definition) is 2. The molecule has 0 amide bonds. The van der Waals surface area contributed by atoms with Gasteiger partial charge in [0, 0.05) is 11.5 Å². The van der Waals surface area contributed by atoms with Gasteiger partial charge in [-0.25, -0.2) is 4.39 Å². The largest absolute Gasteiger partial charge is 0.493 e. The van der Waals surface area contributed by atoms with Gasteiger partial charge in [-0.2, -0.15) is 0 Å². The van der Waals surface area contributed by atoms with Crippen molar-refractivity contribution in [2.24, 2.45) is 0 Å². The van der Waals surface area contributed by atoms with Gasteiger partial charge in [0.05, 0.1) is 13.2 Å². The quantitative estimate of drug-likeness (QED) is 0.838. The van der Waals surface area contributed by atoms with E-state index in [1.807, 2.05) is 24.3 Å². The molecule has 3 rings (SSSR count). The van der Waals surface area contributed by atoms with Gasteiger partial charge in [-0.15, -0.1) is 0 Å². The normalized spacial score (nSPS) is 17.2. The van der Waals surface area contributed by atoms with Crippen molar-refractivity contribution in [2.75, 3.05) is 13.2 Å². The van der Waals surface area contributed by atoms with Gasteiger partial charge in [-0.1, -0.05) is 30.3 Å². The smallest absolute Gasteiger partial charge is 0.167 e. The van der Waals surface area contributed by atoms with Crippen molar-refractivity contribution in [2.45, 2.75) is 19.3 Å². The van der Waals surface area contributed by atoms with Crippen molar-refractivity contribution in [1.82, 2.24) is 0 Å². The predicted octanol–water partition coefficient (Wildman–Crippen LogP) is 4.08. The highest BCUT2D eigenvalue weighted by Crippen LogP contribution is 2.34. The number of halogens is 1. The Kier molecular flexibility index (Phi) is 3.59. The van der Waals surface area contributed by atoms with Gasteiger partial charge in [0.25, 0.3) is 0 Å². The van der Waals surface area contributed by atoms with Gasteiger partial charge < -0.3 is 9.47 Å². The molecule has 1 atom stereocenters. The van der Waals surface area contributed by atoms with E-state index in [-0.39, 0.29) is 11.7 Å². The van der Waals surface area contributed by atoms with Crippen LogP contribution in [0.1, 0.15) is 23.5 Å². The Hall–Kier alpha value is -2.03. The van der Waals surface area contributed by atoms with E-state index in [4.69, 9.17) is 9.47 Å². The maximum Gasteiger partial charge on any atom is 0.167 e. The van der Waals surface area contributed by atoms with Crippen LogP contribution in [0.15, 0.2) is 42.5 Å². The summed E-state index contributed by atoms with van der Waals surface area (Å²) in [7, 11) is 0. The van der Waals surface area contributed by atoms with Gasteiger partial charge in [0.2, 0.25) is 0 Å². The van der Waals surface area contributed by atoms with Crippen LogP contribution in [0, 0.1) is 12.7 Å². The molecule has 0 radical (unpaired) electrons. The Morgan fingerprint density at radius 3 is 2.95 bits per heavy atom. The van der Waals surface area contributed by atoms with Crippen molar-refractivity contribution in [1.29, 1.82) is 0 Å². The summed E-state index contributed by atoms with van der Waals surface area (Å²) in [6.45, 7) is 2.90. The lowest BCUT2D eigenvalue weighted by molar-refractivity contribution is 0.213. The van der Waals surface area contributed by atoms with Crippen LogP contribution >= 0.6 is 0 Å². The summed E-state index contributed by atoms with van der Waals surface area (Å²) in [5.74, 6) is 1.22. The number of rotatable bonds is 3. The molecule has 0 N–H and O–H groups in total. The molecule has 0 spiro atoms. The maximum absolute atomic E-state index is 13.9. The van der Waals surface area contributed by atoms with Crippen LogP contribution in [0.4, 0.5) is 4.39 Å². The fourth-order valence-corrected chi connectivity index (χ4v) is 2.51. The van der Waals surface area contributed by atoms with Gasteiger partial charge in [0.15, 0.2) is 11.6 Å². The molecule has 1 aliphatic heterocycles. The molecule has 0 bridgehead atoms. The van der Waals surface area contributed by atoms with E-state index < -0.39 is 0 Å². The lowest BCUT2D eigenvalue weighted by Crippen LogP contribution is -2.19. The summed E-state index contributed by atoms with van der Waals surface area (Å²) in [4.78, 5) is 0. The highest BCUT2D eigenvalue weighted by molar-refractivity contribution is 5.38. The van der Waals surface area contributed by atoms with E-state index in [1.54, 1.807) is 19.1 Å². The number of aryl methyl sites for hydroxylation is 1. The van der Waals surface area contributed by atoms with Crippen molar-refractivity contribution in [3.8, 4) is 11.5 Å². The highest BCUT2D eigenvalue weighted by Gasteiger charge is 2.22. The van der Waals surface area contributed by atoms with E-state index >= 15 is 0 Å². The lowest BCUT2D eigenvalue weighted by Gasteiger charge is -2.25. The monoisotopic (exact) mass is 272 g/mol. The average Bonchev–Trinajstić information content (AvgIpc) is 2.49. The molecule has 1 aliphatic rings. The van der Waals surface area contributed by atoms with E-state index in [2.05, 4.69) is 6.07 Å². The first-order valence-electron chi connectivity index (χ1n) is 6.85. The molecule has 1 heterocycles. The number of hydrogen-bond donors (Lipinski definition) is 0. The van der Waals surface area contributed by atoms with Gasteiger partial charge in [-0.05, 0) is 31.0 Å². The van der Waals surface area contributed by atoms with Gasteiger partial charge >= 0.3 is 0 Å². The molecule has 0 saturated heterocycles. The second-order valence-electron chi connectivity index (χ2n) is 5.07. The highest BCUT2D eigenvalue weighted by atomic mass is 19.1. The Morgan fingerprint density at radius 2 is 2.05 bits per heavy atom. The number of benzene rings is 2. The molecule has 0 saturated carbocycles. The Balaban J connectivity index is 1.75. The zero-order valence-electron chi connectivity index (χ0n) is 11.4. The Bertz CT molecular complexity index is 610. The van der Waals surface area contributed by atoms with Crippen LogP contribution in [0.2, 0.25) is 0 Å². The number of fused-ring (bicyclic) bond motifs is 1. The predicted molar refractivity (Wildman–Crippen MR) is 75.9 cm³/mol. The third kappa shape index (κ3) is 2.48. The van der Waals surface area contributed by atoms with Crippen LogP contribution < -0.4 is 9.47 Å². The topological polar surface area (TPSA) is 18.5 Å². The van der Waals surface area contributed by atoms with Crippen LogP contribution in [0.25, 0.3) is 0 Å². The van der Waals surface area contributed by atoms with E-state index in [1.165, 1.54) is 0 Å². The van der Waals surface area contributed by atoms with Crippen LogP contribution in [-0.2, 0) is 0 Å². The minimum absolute atomic E-state index is 0.250. The fraction of sp³-hybridized carbons (Fsp3) is 0.294. The summed E-state index contributed by atoms with van der Waals surface area (Å²) in [5, 5.41) is 0. The molecule has 2 aromatic carbocycles. The second kappa shape index (κ2) is 5.53. The molecule has 20 heavy (non-hydrogen) atoms. The molecule has 3 heteroatoms. The molecule has 1 unspecified atom stereocenters. The van der Waals surface area contributed by atoms with E-state index in [0.717, 1.165) is 17.7 Å². The molecule has 0 fully saturated rings. The second-order valence-corrected chi connectivity index (χ2v) is 5.07. The zero-order chi connectivity index (χ0) is 13.9. The zero-order valence-corrected chi connectivity index (χ0v) is 11.4. The molecular formula is C17H17FO2. The van der Waals surface area contributed by atoms with Gasteiger partial charge in [-0.3, -0.25) is 0 Å². The van der Waals surface area contributed by atoms with Crippen molar-refractivity contribution in [3.05, 3.63) is 59.4 Å². The van der Waals surface area contributed by atoms with Crippen LogP contribution in [-0.4, -0.2) is 13.2 Å². The Labute approximate surface area is 118 Å². The first-order valence-corrected chi connectivity index (χ1v) is 6.85. The standard InChI is InChI=1S/C17H17FO2/c1-12-5-4-8-16(17(12)18)20-11-13-9-10-19-15-7-3-2-6-14(13)15/h2-8,13H,9-11H2,1H3. The molecule has 104 valence electrons. The van der Waals surface area contributed by atoms with Crippen molar-refractivity contribution in [3.63, 3.8) is 0 Å². The summed E-state index contributed by atoms with van der Waals surface area (Å²) in [6, 6.07) is 13.2. The SMILES string of the molecule is Cc1cccc(OCC2CCOc3ccccc32)c1F. The number of para-hydroxylation sites is 1. The lowest BCUT2D eigenvalue weighted by atomic mass is 9.94.